The molecule has 2 N–H and O–H groups in total. The minimum absolute atomic E-state index is 0.0329. The Morgan fingerprint density at radius 2 is 2.09 bits per heavy atom. The molecule has 2 aromatic rings. The molecule has 2 bridgehead atoms. The molecular formula is C26H34N4O3. The van der Waals surface area contributed by atoms with Gasteiger partial charge in [0.1, 0.15) is 17.9 Å². The lowest BCUT2D eigenvalue weighted by Crippen LogP contribution is -2.40. The van der Waals surface area contributed by atoms with E-state index in [4.69, 9.17) is 4.74 Å². The fourth-order valence-corrected chi connectivity index (χ4v) is 7.16. The van der Waals surface area contributed by atoms with Gasteiger partial charge in [0.15, 0.2) is 5.69 Å². The number of ether oxygens (including phenoxy) is 1. The van der Waals surface area contributed by atoms with Gasteiger partial charge in [-0.2, -0.15) is 0 Å². The topological polar surface area (TPSA) is 84.7 Å². The van der Waals surface area contributed by atoms with Crippen LogP contribution in [-0.4, -0.2) is 46.5 Å². The Kier molecular flexibility index (Phi) is 4.51. The number of aromatic nitrogens is 2. The number of hydrogen-bond acceptors (Lipinski definition) is 5. The standard InChI is InChI=1S/C26H34N4O3/c1-24(2,3)28-7-8-33-23(32)19-13-30-20(5-4-6-21(30)29-19)22(31)27-15-25-10-16-9-18(16)26(14-25)12-17(26)11-25/h4-6,13,16-18,28H,7-12,14-15H2,1-3H3,(H,27,31)/t16?,17?,18-,25?,26?/m0/s1. The van der Waals surface area contributed by atoms with Crippen molar-refractivity contribution in [2.24, 2.45) is 28.6 Å². The van der Waals surface area contributed by atoms with Crippen LogP contribution in [0.3, 0.4) is 0 Å². The Morgan fingerprint density at radius 3 is 2.91 bits per heavy atom. The van der Waals surface area contributed by atoms with Gasteiger partial charge in [0.2, 0.25) is 0 Å². The molecular weight excluding hydrogens is 416 g/mol. The minimum atomic E-state index is -0.476. The summed E-state index contributed by atoms with van der Waals surface area (Å²) in [7, 11) is 0. The summed E-state index contributed by atoms with van der Waals surface area (Å²) in [5.41, 5.74) is 2.21. The van der Waals surface area contributed by atoms with Crippen LogP contribution in [0.25, 0.3) is 5.65 Å². The number of hydrogen-bond donors (Lipinski definition) is 2. The molecule has 0 radical (unpaired) electrons. The normalized spacial score (nSPS) is 33.4. The molecule has 4 aliphatic rings. The number of nitrogens with zero attached hydrogens (tertiary/aromatic N) is 2. The monoisotopic (exact) mass is 450 g/mol. The predicted octanol–water partition coefficient (Wildman–Crippen LogP) is 3.44. The fourth-order valence-electron chi connectivity index (χ4n) is 7.16. The first-order valence-electron chi connectivity index (χ1n) is 12.4. The third-order valence-corrected chi connectivity index (χ3v) is 8.57. The molecule has 4 fully saturated rings. The zero-order valence-electron chi connectivity index (χ0n) is 19.8. The highest BCUT2D eigenvalue weighted by molar-refractivity contribution is 5.94. The average molecular weight is 451 g/mol. The van der Waals surface area contributed by atoms with Gasteiger partial charge < -0.3 is 15.4 Å². The number of amides is 1. The van der Waals surface area contributed by atoms with Gasteiger partial charge in [-0.3, -0.25) is 9.20 Å². The molecule has 1 amide bonds. The van der Waals surface area contributed by atoms with Gasteiger partial charge in [-0.05, 0) is 93.6 Å². The fraction of sp³-hybridized carbons (Fsp3) is 0.654. The van der Waals surface area contributed by atoms with E-state index in [9.17, 15) is 9.59 Å². The molecule has 2 heterocycles. The molecule has 176 valence electrons. The van der Waals surface area contributed by atoms with Crippen molar-refractivity contribution in [3.8, 4) is 0 Å². The van der Waals surface area contributed by atoms with Crippen LogP contribution in [0.1, 0.15) is 73.9 Å². The van der Waals surface area contributed by atoms with Crippen LogP contribution in [-0.2, 0) is 4.74 Å². The molecule has 6 rings (SSSR count). The van der Waals surface area contributed by atoms with Crippen LogP contribution >= 0.6 is 0 Å². The van der Waals surface area contributed by atoms with Crippen molar-refractivity contribution in [1.29, 1.82) is 0 Å². The maximum atomic E-state index is 13.2. The number of fused-ring (bicyclic) bond motifs is 3. The van der Waals surface area contributed by atoms with E-state index < -0.39 is 5.97 Å². The van der Waals surface area contributed by atoms with Gasteiger partial charge in [0.05, 0.1) is 0 Å². The second-order valence-corrected chi connectivity index (χ2v) is 12.1. The third kappa shape index (κ3) is 3.65. The highest BCUT2D eigenvalue weighted by Crippen LogP contribution is 2.83. The van der Waals surface area contributed by atoms with Crippen molar-refractivity contribution in [2.45, 2.75) is 58.4 Å². The van der Waals surface area contributed by atoms with E-state index in [2.05, 4.69) is 36.4 Å². The van der Waals surface area contributed by atoms with Crippen LogP contribution < -0.4 is 10.6 Å². The van der Waals surface area contributed by atoms with E-state index in [-0.39, 0.29) is 23.7 Å². The Labute approximate surface area is 194 Å². The lowest BCUT2D eigenvalue weighted by molar-refractivity contribution is 0.0495. The SMILES string of the molecule is CC(C)(C)NCCOC(=O)c1cn2c(C(=O)NCC34CC5C[C@@H]5C5(CC5C3)C4)cccc2n1. The number of pyridine rings is 1. The number of carbonyl (C=O) groups excluding carboxylic acids is 2. The molecule has 2 aromatic heterocycles. The van der Waals surface area contributed by atoms with Crippen LogP contribution in [0, 0.1) is 28.6 Å². The highest BCUT2D eigenvalue weighted by Gasteiger charge is 2.76. The summed E-state index contributed by atoms with van der Waals surface area (Å²) >= 11 is 0. The molecule has 0 aliphatic heterocycles. The largest absolute Gasteiger partial charge is 0.460 e. The number of nitrogens with one attached hydrogen (secondary N) is 2. The molecule has 7 nitrogen and oxygen atoms in total. The third-order valence-electron chi connectivity index (χ3n) is 8.57. The van der Waals surface area contributed by atoms with Crippen molar-refractivity contribution >= 4 is 17.5 Å². The number of imidazole rings is 1. The van der Waals surface area contributed by atoms with Crippen LogP contribution in [0.15, 0.2) is 24.4 Å². The van der Waals surface area contributed by atoms with Crippen molar-refractivity contribution in [3.05, 3.63) is 35.8 Å². The van der Waals surface area contributed by atoms with Gasteiger partial charge in [-0.25, -0.2) is 9.78 Å². The van der Waals surface area contributed by atoms with E-state index >= 15 is 0 Å². The predicted molar refractivity (Wildman–Crippen MR) is 124 cm³/mol. The highest BCUT2D eigenvalue weighted by atomic mass is 16.5. The van der Waals surface area contributed by atoms with Crippen molar-refractivity contribution < 1.29 is 14.3 Å². The van der Waals surface area contributed by atoms with Crippen LogP contribution in [0.4, 0.5) is 0 Å². The summed E-state index contributed by atoms with van der Waals surface area (Å²) < 4.78 is 7.06. The molecule has 0 aromatic carbocycles. The molecule has 1 spiro atoms. The quantitative estimate of drug-likeness (QED) is 0.499. The molecule has 5 atom stereocenters. The molecule has 33 heavy (non-hydrogen) atoms. The summed E-state index contributed by atoms with van der Waals surface area (Å²) in [4.78, 5) is 30.0. The lowest BCUT2D eigenvalue weighted by Gasteiger charge is -2.36. The van der Waals surface area contributed by atoms with E-state index in [1.54, 1.807) is 22.7 Å². The molecule has 7 heteroatoms. The molecule has 4 saturated carbocycles. The summed E-state index contributed by atoms with van der Waals surface area (Å²) in [6, 6.07) is 5.40. The maximum absolute atomic E-state index is 13.2. The zero-order valence-corrected chi connectivity index (χ0v) is 19.8. The Balaban J connectivity index is 1.11. The van der Waals surface area contributed by atoms with Crippen molar-refractivity contribution in [3.63, 3.8) is 0 Å². The summed E-state index contributed by atoms with van der Waals surface area (Å²) in [5.74, 6) is 2.24. The Hall–Kier alpha value is -2.41. The molecule has 4 aliphatic carbocycles. The van der Waals surface area contributed by atoms with Gasteiger partial charge in [0.25, 0.3) is 5.91 Å². The van der Waals surface area contributed by atoms with Gasteiger partial charge in [0, 0.05) is 24.8 Å². The summed E-state index contributed by atoms with van der Waals surface area (Å²) in [6.07, 6.45) is 8.34. The van der Waals surface area contributed by atoms with Crippen molar-refractivity contribution in [1.82, 2.24) is 20.0 Å². The molecule has 0 saturated heterocycles. The first-order valence-corrected chi connectivity index (χ1v) is 12.4. The van der Waals surface area contributed by atoms with Crippen LogP contribution in [0.5, 0.6) is 0 Å². The van der Waals surface area contributed by atoms with E-state index in [1.807, 2.05) is 6.07 Å². The number of carbonyl (C=O) groups is 2. The minimum Gasteiger partial charge on any atom is -0.460 e. The maximum Gasteiger partial charge on any atom is 0.358 e. The van der Waals surface area contributed by atoms with Crippen LogP contribution in [0.2, 0.25) is 0 Å². The first-order chi connectivity index (χ1) is 15.7. The first kappa shape index (κ1) is 21.1. The van der Waals surface area contributed by atoms with Gasteiger partial charge in [-0.15, -0.1) is 0 Å². The number of esters is 1. The smallest absolute Gasteiger partial charge is 0.358 e. The Morgan fingerprint density at radius 1 is 1.24 bits per heavy atom. The van der Waals surface area contributed by atoms with Gasteiger partial charge >= 0.3 is 5.97 Å². The van der Waals surface area contributed by atoms with Gasteiger partial charge in [-0.1, -0.05) is 6.07 Å². The summed E-state index contributed by atoms with van der Waals surface area (Å²) in [5, 5.41) is 6.52. The van der Waals surface area contributed by atoms with E-state index in [1.165, 1.54) is 32.1 Å². The van der Waals surface area contributed by atoms with Crippen molar-refractivity contribution in [2.75, 3.05) is 19.7 Å². The zero-order chi connectivity index (χ0) is 23.0. The lowest BCUT2D eigenvalue weighted by atomic mass is 9.71. The Bertz CT molecular complexity index is 1130. The van der Waals surface area contributed by atoms with E-state index in [0.29, 0.717) is 28.7 Å². The second-order valence-electron chi connectivity index (χ2n) is 12.1. The summed E-state index contributed by atoms with van der Waals surface area (Å²) in [6.45, 7) is 7.79. The number of rotatable bonds is 7. The average Bonchev–Trinajstić information content (AvgIpc) is 3.59. The second kappa shape index (κ2) is 7.05. The molecule has 4 unspecified atom stereocenters. The van der Waals surface area contributed by atoms with E-state index in [0.717, 1.165) is 24.3 Å².